The molecule has 0 saturated carbocycles. The second-order valence-electron chi connectivity index (χ2n) is 5.98. The average Bonchev–Trinajstić information content (AvgIpc) is 3.07. The molecule has 1 amide bonds. The summed E-state index contributed by atoms with van der Waals surface area (Å²) in [4.78, 5) is 17.2. The number of imidazole rings is 1. The van der Waals surface area contributed by atoms with Gasteiger partial charge in [-0.1, -0.05) is 35.9 Å². The Morgan fingerprint density at radius 1 is 1.19 bits per heavy atom. The Labute approximate surface area is 162 Å². The fourth-order valence-corrected chi connectivity index (χ4v) is 3.39. The third kappa shape index (κ3) is 4.29. The monoisotopic (exact) mass is 385 g/mol. The molecule has 0 radical (unpaired) electrons. The van der Waals surface area contributed by atoms with E-state index in [4.69, 9.17) is 11.6 Å². The molecule has 0 aliphatic rings. The maximum absolute atomic E-state index is 12.8. The summed E-state index contributed by atoms with van der Waals surface area (Å²) in [6.07, 6.45) is 5.65. The van der Waals surface area contributed by atoms with Crippen molar-refractivity contribution in [3.05, 3.63) is 88.5 Å². The SMILES string of the molecule is CSCc1ccc(C(=O)NC(c2ccc(Cl)cc2)c2nccn2C)cc1. The fourth-order valence-electron chi connectivity index (χ4n) is 2.74. The molecule has 0 aliphatic carbocycles. The van der Waals surface area contributed by atoms with Gasteiger partial charge in [-0.15, -0.1) is 0 Å². The third-order valence-electron chi connectivity index (χ3n) is 4.12. The molecule has 26 heavy (non-hydrogen) atoms. The minimum atomic E-state index is -0.356. The Kier molecular flexibility index (Phi) is 6.01. The van der Waals surface area contributed by atoms with E-state index in [-0.39, 0.29) is 11.9 Å². The van der Waals surface area contributed by atoms with Crippen LogP contribution in [0.25, 0.3) is 0 Å². The van der Waals surface area contributed by atoms with Crippen LogP contribution < -0.4 is 5.32 Å². The highest BCUT2D eigenvalue weighted by atomic mass is 35.5. The number of aromatic nitrogens is 2. The van der Waals surface area contributed by atoms with Gasteiger partial charge in [0.15, 0.2) is 0 Å². The number of benzene rings is 2. The lowest BCUT2D eigenvalue weighted by atomic mass is 10.0. The Hall–Kier alpha value is -2.24. The van der Waals surface area contributed by atoms with Gasteiger partial charge in [-0.25, -0.2) is 4.98 Å². The minimum absolute atomic E-state index is 0.136. The maximum Gasteiger partial charge on any atom is 0.252 e. The average molecular weight is 386 g/mol. The first-order valence-electron chi connectivity index (χ1n) is 8.20. The molecule has 1 aromatic heterocycles. The quantitative estimate of drug-likeness (QED) is 0.681. The first-order chi connectivity index (χ1) is 12.6. The molecule has 1 unspecified atom stereocenters. The van der Waals surface area contributed by atoms with E-state index in [1.54, 1.807) is 18.0 Å². The zero-order valence-corrected chi connectivity index (χ0v) is 16.2. The summed E-state index contributed by atoms with van der Waals surface area (Å²) in [6, 6.07) is 14.8. The summed E-state index contributed by atoms with van der Waals surface area (Å²) >= 11 is 7.76. The Bertz CT molecular complexity index is 875. The van der Waals surface area contributed by atoms with E-state index in [2.05, 4.69) is 16.6 Å². The summed E-state index contributed by atoms with van der Waals surface area (Å²) in [5.74, 6) is 1.56. The number of halogens is 1. The van der Waals surface area contributed by atoms with Gasteiger partial charge in [-0.3, -0.25) is 4.79 Å². The number of thioether (sulfide) groups is 1. The minimum Gasteiger partial charge on any atom is -0.338 e. The number of amides is 1. The van der Waals surface area contributed by atoms with Gasteiger partial charge in [0.2, 0.25) is 0 Å². The number of hydrogen-bond donors (Lipinski definition) is 1. The van der Waals surface area contributed by atoms with E-state index in [0.717, 1.165) is 17.1 Å². The number of aryl methyl sites for hydroxylation is 1. The lowest BCUT2D eigenvalue weighted by Crippen LogP contribution is -2.31. The lowest BCUT2D eigenvalue weighted by Gasteiger charge is -2.19. The summed E-state index contributed by atoms with van der Waals surface area (Å²) in [7, 11) is 1.91. The number of carbonyl (C=O) groups is 1. The van der Waals surface area contributed by atoms with Crippen LogP contribution in [-0.4, -0.2) is 21.7 Å². The number of rotatable bonds is 6. The zero-order chi connectivity index (χ0) is 18.5. The number of carbonyl (C=O) groups excluding carboxylic acids is 1. The molecular formula is C20H20ClN3OS. The van der Waals surface area contributed by atoms with E-state index < -0.39 is 0 Å². The van der Waals surface area contributed by atoms with Crippen LogP contribution in [0.5, 0.6) is 0 Å². The van der Waals surface area contributed by atoms with E-state index in [1.165, 1.54) is 5.56 Å². The zero-order valence-electron chi connectivity index (χ0n) is 14.6. The van der Waals surface area contributed by atoms with Crippen LogP contribution in [0.4, 0.5) is 0 Å². The summed E-state index contributed by atoms with van der Waals surface area (Å²) in [5.41, 5.74) is 2.76. The van der Waals surface area contributed by atoms with Crippen molar-refractivity contribution in [1.82, 2.24) is 14.9 Å². The molecule has 0 fully saturated rings. The lowest BCUT2D eigenvalue weighted by molar-refractivity contribution is 0.0941. The van der Waals surface area contributed by atoms with E-state index in [0.29, 0.717) is 10.6 Å². The highest BCUT2D eigenvalue weighted by Gasteiger charge is 2.21. The standard InChI is InChI=1S/C20H20ClN3OS/c1-24-12-11-22-19(24)18(15-7-9-17(21)10-8-15)23-20(25)16-5-3-14(4-6-16)13-26-2/h3-12,18H,13H2,1-2H3,(H,23,25). The molecule has 3 aromatic rings. The van der Waals surface area contributed by atoms with Crippen molar-refractivity contribution in [3.8, 4) is 0 Å². The van der Waals surface area contributed by atoms with Gasteiger partial charge in [-0.2, -0.15) is 11.8 Å². The van der Waals surface area contributed by atoms with Gasteiger partial charge in [0, 0.05) is 35.8 Å². The summed E-state index contributed by atoms with van der Waals surface area (Å²) < 4.78 is 1.90. The van der Waals surface area contributed by atoms with Crippen molar-refractivity contribution in [2.24, 2.45) is 7.05 Å². The van der Waals surface area contributed by atoms with Crippen LogP contribution in [0.1, 0.15) is 33.4 Å². The molecule has 1 N–H and O–H groups in total. The molecule has 134 valence electrons. The first kappa shape index (κ1) is 18.5. The topological polar surface area (TPSA) is 46.9 Å². The van der Waals surface area contributed by atoms with Crippen molar-refractivity contribution >= 4 is 29.3 Å². The van der Waals surface area contributed by atoms with Crippen molar-refractivity contribution in [1.29, 1.82) is 0 Å². The van der Waals surface area contributed by atoms with Crippen LogP contribution in [0.2, 0.25) is 5.02 Å². The molecule has 4 nitrogen and oxygen atoms in total. The molecule has 1 atom stereocenters. The Balaban J connectivity index is 1.86. The Morgan fingerprint density at radius 3 is 2.46 bits per heavy atom. The molecule has 1 heterocycles. The second-order valence-corrected chi connectivity index (χ2v) is 7.29. The second kappa shape index (κ2) is 8.43. The van der Waals surface area contributed by atoms with Gasteiger partial charge < -0.3 is 9.88 Å². The van der Waals surface area contributed by atoms with Gasteiger partial charge in [0.05, 0.1) is 0 Å². The molecule has 0 bridgehead atoms. The highest BCUT2D eigenvalue weighted by molar-refractivity contribution is 7.97. The smallest absolute Gasteiger partial charge is 0.252 e. The van der Waals surface area contributed by atoms with E-state index in [1.807, 2.05) is 66.3 Å². The largest absolute Gasteiger partial charge is 0.338 e. The molecule has 6 heteroatoms. The molecule has 0 spiro atoms. The van der Waals surface area contributed by atoms with Gasteiger partial charge in [0.1, 0.15) is 11.9 Å². The van der Waals surface area contributed by atoms with Gasteiger partial charge >= 0.3 is 0 Å². The van der Waals surface area contributed by atoms with Gasteiger partial charge in [0.25, 0.3) is 5.91 Å². The highest BCUT2D eigenvalue weighted by Crippen LogP contribution is 2.23. The fraction of sp³-hybridized carbons (Fsp3) is 0.200. The molecular weight excluding hydrogens is 366 g/mol. The number of hydrogen-bond acceptors (Lipinski definition) is 3. The normalized spacial score (nSPS) is 12.0. The first-order valence-corrected chi connectivity index (χ1v) is 9.97. The Morgan fingerprint density at radius 2 is 1.88 bits per heavy atom. The van der Waals surface area contributed by atoms with Crippen LogP contribution in [-0.2, 0) is 12.8 Å². The van der Waals surface area contributed by atoms with Crippen molar-refractivity contribution in [3.63, 3.8) is 0 Å². The molecule has 0 saturated heterocycles. The van der Waals surface area contributed by atoms with Crippen LogP contribution in [0, 0.1) is 0 Å². The maximum atomic E-state index is 12.8. The third-order valence-corrected chi connectivity index (χ3v) is 5.00. The summed E-state index contributed by atoms with van der Waals surface area (Å²) in [6.45, 7) is 0. The van der Waals surface area contributed by atoms with Crippen molar-refractivity contribution in [2.45, 2.75) is 11.8 Å². The van der Waals surface area contributed by atoms with Crippen molar-refractivity contribution in [2.75, 3.05) is 6.26 Å². The van der Waals surface area contributed by atoms with Gasteiger partial charge in [-0.05, 0) is 41.6 Å². The molecule has 2 aromatic carbocycles. The summed E-state index contributed by atoms with van der Waals surface area (Å²) in [5, 5.41) is 3.75. The van der Waals surface area contributed by atoms with Crippen LogP contribution >= 0.6 is 23.4 Å². The molecule has 0 aliphatic heterocycles. The molecule has 3 rings (SSSR count). The predicted molar refractivity (Wildman–Crippen MR) is 108 cm³/mol. The van der Waals surface area contributed by atoms with Crippen molar-refractivity contribution < 1.29 is 4.79 Å². The van der Waals surface area contributed by atoms with E-state index >= 15 is 0 Å². The van der Waals surface area contributed by atoms with Crippen LogP contribution in [0.3, 0.4) is 0 Å². The van der Waals surface area contributed by atoms with Crippen LogP contribution in [0.15, 0.2) is 60.9 Å². The predicted octanol–water partition coefficient (Wildman–Crippen LogP) is 4.46. The number of nitrogens with zero attached hydrogens (tertiary/aromatic N) is 2. The van der Waals surface area contributed by atoms with E-state index in [9.17, 15) is 4.79 Å². The number of nitrogens with one attached hydrogen (secondary N) is 1.